The van der Waals surface area contributed by atoms with Gasteiger partial charge in [-0.2, -0.15) is 0 Å². The summed E-state index contributed by atoms with van der Waals surface area (Å²) in [6.45, 7) is 2.80. The van der Waals surface area contributed by atoms with Crippen LogP contribution in [0.15, 0.2) is 24.3 Å². The molecule has 116 valence electrons. The van der Waals surface area contributed by atoms with Crippen LogP contribution in [0.25, 0.3) is 0 Å². The Bertz CT molecular complexity index is 440. The number of benzene rings is 1. The van der Waals surface area contributed by atoms with Gasteiger partial charge < -0.3 is 14.2 Å². The lowest BCUT2D eigenvalue weighted by Gasteiger charge is -2.19. The zero-order chi connectivity index (χ0) is 15.7. The van der Waals surface area contributed by atoms with Gasteiger partial charge in [-0.1, -0.05) is 17.7 Å². The number of ether oxygens (including phenoxy) is 3. The van der Waals surface area contributed by atoms with Gasteiger partial charge >= 0.3 is 11.9 Å². The normalized spacial score (nSPS) is 10.3. The summed E-state index contributed by atoms with van der Waals surface area (Å²) in [7, 11) is 2.61. The highest BCUT2D eigenvalue weighted by atomic mass is 16.5. The fraction of sp³-hybridized carbons (Fsp3) is 0.467. The Labute approximate surface area is 124 Å². The second kappa shape index (κ2) is 8.97. The first-order valence-electron chi connectivity index (χ1n) is 6.60. The van der Waals surface area contributed by atoms with Crippen LogP contribution < -0.4 is 4.74 Å². The summed E-state index contributed by atoms with van der Waals surface area (Å²) in [4.78, 5) is 24.2. The van der Waals surface area contributed by atoms with Gasteiger partial charge in [0, 0.05) is 6.54 Å². The molecule has 0 aromatic heterocycles. The third kappa shape index (κ3) is 6.76. The molecule has 1 aromatic carbocycles. The number of carbonyl (C=O) groups is 2. The molecule has 0 heterocycles. The Morgan fingerprint density at radius 2 is 1.52 bits per heavy atom. The van der Waals surface area contributed by atoms with E-state index in [1.54, 1.807) is 4.90 Å². The predicted molar refractivity (Wildman–Crippen MR) is 77.1 cm³/mol. The topological polar surface area (TPSA) is 65.1 Å². The van der Waals surface area contributed by atoms with Crippen molar-refractivity contribution < 1.29 is 23.8 Å². The predicted octanol–water partition coefficient (Wildman–Crippen LogP) is 1.02. The smallest absolute Gasteiger partial charge is 0.319 e. The molecule has 0 saturated carbocycles. The van der Waals surface area contributed by atoms with Crippen molar-refractivity contribution in [3.63, 3.8) is 0 Å². The minimum atomic E-state index is -0.408. The molecule has 1 aromatic rings. The minimum absolute atomic E-state index is 0.0167. The van der Waals surface area contributed by atoms with Gasteiger partial charge in [0.05, 0.1) is 27.3 Å². The van der Waals surface area contributed by atoms with Crippen LogP contribution in [-0.2, 0) is 19.1 Å². The third-order valence-corrected chi connectivity index (χ3v) is 2.86. The summed E-state index contributed by atoms with van der Waals surface area (Å²) in [6, 6.07) is 7.66. The van der Waals surface area contributed by atoms with Crippen LogP contribution in [0.3, 0.4) is 0 Å². The highest BCUT2D eigenvalue weighted by Crippen LogP contribution is 2.11. The molecule has 0 fully saturated rings. The molecule has 0 aliphatic rings. The molecule has 0 unspecified atom stereocenters. The number of nitrogens with zero attached hydrogens (tertiary/aromatic N) is 1. The number of esters is 2. The van der Waals surface area contributed by atoms with Gasteiger partial charge in [0.15, 0.2) is 0 Å². The molecular formula is C15H21NO5. The fourth-order valence-corrected chi connectivity index (χ4v) is 1.64. The zero-order valence-electron chi connectivity index (χ0n) is 12.6. The summed E-state index contributed by atoms with van der Waals surface area (Å²) in [5.41, 5.74) is 1.15. The molecule has 6 nitrogen and oxygen atoms in total. The molecule has 0 N–H and O–H groups in total. The number of aryl methyl sites for hydroxylation is 1. The second-order valence-corrected chi connectivity index (χ2v) is 4.52. The first-order valence-corrected chi connectivity index (χ1v) is 6.60. The van der Waals surface area contributed by atoms with Gasteiger partial charge in [0.2, 0.25) is 0 Å². The Morgan fingerprint density at radius 3 is 2.00 bits per heavy atom. The lowest BCUT2D eigenvalue weighted by atomic mass is 10.2. The standard InChI is InChI=1S/C15H21NO5/c1-12-4-6-13(7-5-12)21-9-8-16(10-14(17)19-2)11-15(18)20-3/h4-7H,8-11H2,1-3H3. The summed E-state index contributed by atoms with van der Waals surface area (Å²) >= 11 is 0. The molecule has 0 saturated heterocycles. The van der Waals surface area contributed by atoms with Crippen LogP contribution >= 0.6 is 0 Å². The van der Waals surface area contributed by atoms with E-state index in [2.05, 4.69) is 9.47 Å². The summed E-state index contributed by atoms with van der Waals surface area (Å²) in [5.74, 6) is -0.0693. The molecule has 1 rings (SSSR count). The van der Waals surface area contributed by atoms with E-state index in [-0.39, 0.29) is 13.1 Å². The van der Waals surface area contributed by atoms with Crippen molar-refractivity contribution >= 4 is 11.9 Å². The fourth-order valence-electron chi connectivity index (χ4n) is 1.64. The first-order chi connectivity index (χ1) is 10.0. The Morgan fingerprint density at radius 1 is 1.00 bits per heavy atom. The lowest BCUT2D eigenvalue weighted by Crippen LogP contribution is -2.38. The van der Waals surface area contributed by atoms with E-state index in [9.17, 15) is 9.59 Å². The number of hydrogen-bond acceptors (Lipinski definition) is 6. The molecule has 0 radical (unpaired) electrons. The molecule has 0 aliphatic carbocycles. The van der Waals surface area contributed by atoms with Gasteiger partial charge in [-0.05, 0) is 19.1 Å². The monoisotopic (exact) mass is 295 g/mol. The maximum Gasteiger partial charge on any atom is 0.319 e. The molecule has 21 heavy (non-hydrogen) atoms. The molecule has 0 atom stereocenters. The molecule has 6 heteroatoms. The number of carbonyl (C=O) groups excluding carboxylic acids is 2. The van der Waals surface area contributed by atoms with Gasteiger partial charge in [0.1, 0.15) is 12.4 Å². The Balaban J connectivity index is 2.45. The van der Waals surface area contributed by atoms with Gasteiger partial charge in [-0.3, -0.25) is 14.5 Å². The molecule has 0 spiro atoms. The molecule has 0 aliphatic heterocycles. The molecular weight excluding hydrogens is 274 g/mol. The van der Waals surface area contributed by atoms with Gasteiger partial charge in [0.25, 0.3) is 0 Å². The van der Waals surface area contributed by atoms with Crippen molar-refractivity contribution in [1.29, 1.82) is 0 Å². The first kappa shape index (κ1) is 17.0. The van der Waals surface area contributed by atoms with E-state index in [0.29, 0.717) is 13.2 Å². The van der Waals surface area contributed by atoms with Crippen LogP contribution in [-0.4, -0.2) is 57.3 Å². The van der Waals surface area contributed by atoms with Crippen molar-refractivity contribution in [3.8, 4) is 5.75 Å². The average molecular weight is 295 g/mol. The van der Waals surface area contributed by atoms with Crippen LogP contribution in [0.5, 0.6) is 5.75 Å². The van der Waals surface area contributed by atoms with Crippen LogP contribution in [0, 0.1) is 6.92 Å². The zero-order valence-corrected chi connectivity index (χ0v) is 12.6. The Kier molecular flexibility index (Phi) is 7.25. The Hall–Kier alpha value is -2.08. The quantitative estimate of drug-likeness (QED) is 0.667. The average Bonchev–Trinajstić information content (AvgIpc) is 2.48. The third-order valence-electron chi connectivity index (χ3n) is 2.86. The van der Waals surface area contributed by atoms with Crippen molar-refractivity contribution in [3.05, 3.63) is 29.8 Å². The number of hydrogen-bond donors (Lipinski definition) is 0. The van der Waals surface area contributed by atoms with E-state index in [4.69, 9.17) is 4.74 Å². The van der Waals surface area contributed by atoms with E-state index in [0.717, 1.165) is 11.3 Å². The van der Waals surface area contributed by atoms with Gasteiger partial charge in [-0.25, -0.2) is 0 Å². The number of rotatable bonds is 8. The minimum Gasteiger partial charge on any atom is -0.492 e. The van der Waals surface area contributed by atoms with Gasteiger partial charge in [-0.15, -0.1) is 0 Å². The van der Waals surface area contributed by atoms with Crippen molar-refractivity contribution in [2.45, 2.75) is 6.92 Å². The van der Waals surface area contributed by atoms with E-state index in [1.165, 1.54) is 14.2 Å². The van der Waals surface area contributed by atoms with Crippen LogP contribution in [0.4, 0.5) is 0 Å². The summed E-state index contributed by atoms with van der Waals surface area (Å²) in [6.07, 6.45) is 0. The van der Waals surface area contributed by atoms with Crippen molar-refractivity contribution in [2.24, 2.45) is 0 Å². The SMILES string of the molecule is COC(=O)CN(CCOc1ccc(C)cc1)CC(=O)OC. The van der Waals surface area contributed by atoms with Crippen LogP contribution in [0.2, 0.25) is 0 Å². The van der Waals surface area contributed by atoms with E-state index in [1.807, 2.05) is 31.2 Å². The van der Waals surface area contributed by atoms with Crippen molar-refractivity contribution in [2.75, 3.05) is 40.5 Å². The second-order valence-electron chi connectivity index (χ2n) is 4.52. The van der Waals surface area contributed by atoms with E-state index < -0.39 is 11.9 Å². The summed E-state index contributed by atoms with van der Waals surface area (Å²) < 4.78 is 14.8. The molecule has 0 amide bonds. The molecule has 0 bridgehead atoms. The lowest BCUT2D eigenvalue weighted by molar-refractivity contribution is -0.145. The summed E-state index contributed by atoms with van der Waals surface area (Å²) in [5, 5.41) is 0. The highest BCUT2D eigenvalue weighted by Gasteiger charge is 2.15. The van der Waals surface area contributed by atoms with Crippen LogP contribution in [0.1, 0.15) is 5.56 Å². The maximum atomic E-state index is 11.3. The highest BCUT2D eigenvalue weighted by molar-refractivity contribution is 5.74. The largest absolute Gasteiger partial charge is 0.492 e. The maximum absolute atomic E-state index is 11.3. The van der Waals surface area contributed by atoms with Crippen molar-refractivity contribution in [1.82, 2.24) is 4.90 Å². The van der Waals surface area contributed by atoms with E-state index >= 15 is 0 Å². The number of methoxy groups -OCH3 is 2.